The highest BCUT2D eigenvalue weighted by Crippen LogP contribution is 2.31. The molecular weight excluding hydrogens is 232 g/mol. The van der Waals surface area contributed by atoms with Crippen molar-refractivity contribution in [2.24, 2.45) is 5.73 Å². The van der Waals surface area contributed by atoms with E-state index in [-0.39, 0.29) is 0 Å². The largest absolute Gasteiger partial charge is 0.493 e. The molecule has 3 N–H and O–H groups in total. The number of carbonyl (C=O) groups is 2. The van der Waals surface area contributed by atoms with E-state index in [1.807, 2.05) is 19.1 Å². The summed E-state index contributed by atoms with van der Waals surface area (Å²) in [4.78, 5) is 26.0. The second-order valence-corrected chi connectivity index (χ2v) is 3.93. The zero-order valence-corrected chi connectivity index (χ0v) is 10.2. The topological polar surface area (TPSA) is 85.2 Å². The van der Waals surface area contributed by atoms with Crippen LogP contribution in [0.5, 0.6) is 5.75 Å². The molecule has 5 heteroatoms. The van der Waals surface area contributed by atoms with Gasteiger partial charge in [-0.25, -0.2) is 0 Å². The number of carbonyl (C=O) groups excluding carboxylic acids is 2. The molecule has 0 unspecified atom stereocenters. The Morgan fingerprint density at radius 1 is 1.39 bits per heavy atom. The molecule has 0 bridgehead atoms. The Hall–Kier alpha value is -2.30. The van der Waals surface area contributed by atoms with Gasteiger partial charge in [-0.05, 0) is 26.0 Å². The second kappa shape index (κ2) is 4.52. The number of Topliss-reactive ketones (excluding diaryl/α,β-unsaturated/α-hetero) is 1. The van der Waals surface area contributed by atoms with Gasteiger partial charge >= 0.3 is 0 Å². The summed E-state index contributed by atoms with van der Waals surface area (Å²) in [6.07, 6.45) is 0. The van der Waals surface area contributed by atoms with Gasteiger partial charge in [0, 0.05) is 5.69 Å². The van der Waals surface area contributed by atoms with E-state index in [0.717, 1.165) is 5.52 Å². The highest BCUT2D eigenvalue weighted by atomic mass is 16.5. The number of nitrogens with one attached hydrogen (secondary N) is 1. The fourth-order valence-electron chi connectivity index (χ4n) is 2.03. The lowest BCUT2D eigenvalue weighted by Crippen LogP contribution is -2.23. The number of H-pyrrole nitrogens is 1. The van der Waals surface area contributed by atoms with E-state index in [1.54, 1.807) is 13.0 Å². The molecule has 18 heavy (non-hydrogen) atoms. The number of nitrogens with two attached hydrogens (primary N) is 1. The van der Waals surface area contributed by atoms with Gasteiger partial charge in [-0.1, -0.05) is 6.07 Å². The first-order valence-electron chi connectivity index (χ1n) is 5.64. The molecule has 94 valence electrons. The lowest BCUT2D eigenvalue weighted by atomic mass is 10.1. The number of hydrogen-bond donors (Lipinski definition) is 2. The highest BCUT2D eigenvalue weighted by Gasteiger charge is 2.22. The third-order valence-corrected chi connectivity index (χ3v) is 2.72. The Morgan fingerprint density at radius 2 is 2.11 bits per heavy atom. The van der Waals surface area contributed by atoms with Crippen LogP contribution in [0.25, 0.3) is 10.9 Å². The third kappa shape index (κ3) is 1.84. The van der Waals surface area contributed by atoms with Crippen molar-refractivity contribution >= 4 is 22.6 Å². The maximum absolute atomic E-state index is 11.8. The predicted molar refractivity (Wildman–Crippen MR) is 67.7 cm³/mol. The van der Waals surface area contributed by atoms with E-state index in [0.29, 0.717) is 29.0 Å². The maximum atomic E-state index is 11.8. The normalized spacial score (nSPS) is 10.6. The molecule has 0 atom stereocenters. The van der Waals surface area contributed by atoms with E-state index in [4.69, 9.17) is 10.5 Å². The van der Waals surface area contributed by atoms with Gasteiger partial charge in [0.1, 0.15) is 5.75 Å². The SMILES string of the molecule is CCOc1cccc2[nH]c(C)c(C(=O)C(N)=O)c12. The van der Waals surface area contributed by atoms with E-state index < -0.39 is 11.7 Å². The van der Waals surface area contributed by atoms with Crippen LogP contribution in [0.3, 0.4) is 0 Å². The van der Waals surface area contributed by atoms with Crippen molar-refractivity contribution in [3.8, 4) is 5.75 Å². The summed E-state index contributed by atoms with van der Waals surface area (Å²) >= 11 is 0. The van der Waals surface area contributed by atoms with Gasteiger partial charge in [0.15, 0.2) is 0 Å². The number of benzene rings is 1. The molecule has 1 amide bonds. The first-order valence-corrected chi connectivity index (χ1v) is 5.64. The molecule has 0 fully saturated rings. The van der Waals surface area contributed by atoms with Gasteiger partial charge < -0.3 is 15.5 Å². The molecule has 1 heterocycles. The van der Waals surface area contributed by atoms with Crippen LogP contribution in [0.2, 0.25) is 0 Å². The van der Waals surface area contributed by atoms with Crippen LogP contribution in [-0.2, 0) is 4.79 Å². The number of primary amides is 1. The summed E-state index contributed by atoms with van der Waals surface area (Å²) in [6.45, 7) is 4.06. The van der Waals surface area contributed by atoms with Crippen molar-refractivity contribution < 1.29 is 14.3 Å². The van der Waals surface area contributed by atoms with Crippen LogP contribution in [0.15, 0.2) is 18.2 Å². The van der Waals surface area contributed by atoms with Crippen molar-refractivity contribution in [1.82, 2.24) is 4.98 Å². The molecule has 0 spiro atoms. The van der Waals surface area contributed by atoms with Crippen molar-refractivity contribution in [3.05, 3.63) is 29.5 Å². The van der Waals surface area contributed by atoms with E-state index in [1.165, 1.54) is 0 Å². The first-order chi connectivity index (χ1) is 8.56. The molecule has 2 aromatic rings. The number of amides is 1. The maximum Gasteiger partial charge on any atom is 0.289 e. The predicted octanol–water partition coefficient (Wildman–Crippen LogP) is 1.54. The van der Waals surface area contributed by atoms with Gasteiger partial charge in [-0.2, -0.15) is 0 Å². The van der Waals surface area contributed by atoms with Crippen LogP contribution in [0.4, 0.5) is 0 Å². The fourth-order valence-corrected chi connectivity index (χ4v) is 2.03. The van der Waals surface area contributed by atoms with Gasteiger partial charge in [-0.3, -0.25) is 9.59 Å². The quantitative estimate of drug-likeness (QED) is 0.634. The zero-order valence-electron chi connectivity index (χ0n) is 10.2. The highest BCUT2D eigenvalue weighted by molar-refractivity contribution is 6.45. The third-order valence-electron chi connectivity index (χ3n) is 2.72. The number of ketones is 1. The number of rotatable bonds is 4. The molecule has 5 nitrogen and oxygen atoms in total. The Labute approximate surface area is 104 Å². The molecule has 0 radical (unpaired) electrons. The molecule has 1 aromatic heterocycles. The second-order valence-electron chi connectivity index (χ2n) is 3.93. The van der Waals surface area contributed by atoms with Gasteiger partial charge in [-0.15, -0.1) is 0 Å². The molecule has 0 saturated carbocycles. The fraction of sp³-hybridized carbons (Fsp3) is 0.231. The number of aryl methyl sites for hydroxylation is 1. The molecular formula is C13H14N2O3. The minimum Gasteiger partial charge on any atom is -0.493 e. The average molecular weight is 246 g/mol. The van der Waals surface area contributed by atoms with Gasteiger partial charge in [0.25, 0.3) is 11.7 Å². The summed E-state index contributed by atoms with van der Waals surface area (Å²) in [7, 11) is 0. The van der Waals surface area contributed by atoms with Crippen LogP contribution in [0.1, 0.15) is 23.0 Å². The number of fused-ring (bicyclic) bond motifs is 1. The van der Waals surface area contributed by atoms with Crippen LogP contribution >= 0.6 is 0 Å². The van der Waals surface area contributed by atoms with E-state index in [2.05, 4.69) is 4.98 Å². The molecule has 0 aliphatic heterocycles. The summed E-state index contributed by atoms with van der Waals surface area (Å²) in [5.74, 6) is -1.10. The van der Waals surface area contributed by atoms with Crippen LogP contribution in [0, 0.1) is 6.92 Å². The summed E-state index contributed by atoms with van der Waals surface area (Å²) in [5, 5.41) is 0.612. The lowest BCUT2D eigenvalue weighted by Gasteiger charge is -2.05. The van der Waals surface area contributed by atoms with E-state index >= 15 is 0 Å². The molecule has 1 aromatic carbocycles. The Kier molecular flexibility index (Phi) is 3.06. The standard InChI is InChI=1S/C13H14N2O3/c1-3-18-9-6-4-5-8-11(9)10(7(2)15-8)12(16)13(14)17/h4-6,15H,3H2,1-2H3,(H2,14,17). The summed E-state index contributed by atoms with van der Waals surface area (Å²) < 4.78 is 5.48. The van der Waals surface area contributed by atoms with Crippen molar-refractivity contribution in [2.75, 3.05) is 6.61 Å². The van der Waals surface area contributed by atoms with Crippen molar-refractivity contribution in [2.45, 2.75) is 13.8 Å². The average Bonchev–Trinajstić information content (AvgIpc) is 2.65. The molecule has 0 aliphatic rings. The lowest BCUT2D eigenvalue weighted by molar-refractivity contribution is -0.114. The van der Waals surface area contributed by atoms with Crippen molar-refractivity contribution in [1.29, 1.82) is 0 Å². The number of hydrogen-bond acceptors (Lipinski definition) is 3. The van der Waals surface area contributed by atoms with Gasteiger partial charge in [0.05, 0.1) is 23.1 Å². The van der Waals surface area contributed by atoms with Crippen LogP contribution in [-0.4, -0.2) is 23.3 Å². The van der Waals surface area contributed by atoms with Crippen LogP contribution < -0.4 is 10.5 Å². The summed E-state index contributed by atoms with van der Waals surface area (Å²) in [6, 6.07) is 5.40. The molecule has 2 rings (SSSR count). The first kappa shape index (κ1) is 12.2. The number of aromatic amines is 1. The minimum absolute atomic E-state index is 0.293. The summed E-state index contributed by atoms with van der Waals surface area (Å²) in [5.41, 5.74) is 6.73. The van der Waals surface area contributed by atoms with E-state index in [9.17, 15) is 9.59 Å². The minimum atomic E-state index is -0.967. The molecule has 0 aliphatic carbocycles. The Bertz CT molecular complexity index is 628. The van der Waals surface area contributed by atoms with Gasteiger partial charge in [0.2, 0.25) is 0 Å². The zero-order chi connectivity index (χ0) is 13.3. The number of ether oxygens (including phenoxy) is 1. The van der Waals surface area contributed by atoms with Crippen molar-refractivity contribution in [3.63, 3.8) is 0 Å². The smallest absolute Gasteiger partial charge is 0.289 e. The Balaban J connectivity index is 2.75. The Morgan fingerprint density at radius 3 is 2.72 bits per heavy atom. The number of aromatic nitrogens is 1. The monoisotopic (exact) mass is 246 g/mol. The molecule has 0 saturated heterocycles.